The molecule has 0 unspecified atom stereocenters. The number of hydrogen-bond acceptors (Lipinski definition) is 8. The Morgan fingerprint density at radius 2 is 1.92 bits per heavy atom. The fourth-order valence-electron chi connectivity index (χ4n) is 4.15. The van der Waals surface area contributed by atoms with Crippen LogP contribution in [-0.2, 0) is 12.0 Å². The number of fused-ring (bicyclic) bond motifs is 1. The zero-order valence-corrected chi connectivity index (χ0v) is 22.9. The summed E-state index contributed by atoms with van der Waals surface area (Å²) in [4.78, 5) is 13.5. The number of Topliss-reactive ketones (excluding diaryl/α,β-unsaturated/α-hetero) is 1. The molecule has 4 rings (SSSR count). The van der Waals surface area contributed by atoms with Crippen LogP contribution in [0.2, 0.25) is 0 Å². The first-order valence-electron chi connectivity index (χ1n) is 12.4. The third kappa shape index (κ3) is 6.07. The Morgan fingerprint density at radius 1 is 1.19 bits per heavy atom. The molecule has 0 bridgehead atoms. The summed E-state index contributed by atoms with van der Waals surface area (Å²) in [6.07, 6.45) is 2.58. The molecule has 2 aromatic heterocycles. The van der Waals surface area contributed by atoms with Gasteiger partial charge in [-0.05, 0) is 43.2 Å². The minimum Gasteiger partial charge on any atom is -0.493 e. The van der Waals surface area contributed by atoms with Gasteiger partial charge in [0.1, 0.15) is 6.54 Å². The van der Waals surface area contributed by atoms with Gasteiger partial charge in [-0.3, -0.25) is 10.2 Å². The summed E-state index contributed by atoms with van der Waals surface area (Å²) in [6, 6.07) is 5.38. The Hall–Kier alpha value is -3.11. The van der Waals surface area contributed by atoms with Gasteiger partial charge >= 0.3 is 0 Å². The second kappa shape index (κ2) is 11.5. The molecule has 11 heteroatoms. The first kappa shape index (κ1) is 28.5. The molecule has 1 aliphatic carbocycles. The van der Waals surface area contributed by atoms with Crippen LogP contribution in [0.3, 0.4) is 0 Å². The van der Waals surface area contributed by atoms with Crippen molar-refractivity contribution >= 4 is 23.8 Å². The van der Waals surface area contributed by atoms with Crippen LogP contribution in [0.4, 0.5) is 0 Å². The van der Waals surface area contributed by atoms with Crippen LogP contribution in [0.1, 0.15) is 74.4 Å². The second-order valence-electron chi connectivity index (χ2n) is 10.0. The van der Waals surface area contributed by atoms with E-state index in [1.54, 1.807) is 13.2 Å². The van der Waals surface area contributed by atoms with Crippen molar-refractivity contribution in [2.75, 3.05) is 26.9 Å². The largest absolute Gasteiger partial charge is 0.493 e. The number of nitrogens with one attached hydrogen (secondary N) is 1. The maximum absolute atomic E-state index is 13.5. The van der Waals surface area contributed by atoms with Gasteiger partial charge in [0.15, 0.2) is 22.9 Å². The van der Waals surface area contributed by atoms with Crippen LogP contribution in [0.25, 0.3) is 5.65 Å². The number of benzene rings is 1. The minimum atomic E-state index is -0.313. The Labute approximate surface area is 222 Å². The molecule has 37 heavy (non-hydrogen) atoms. The fourth-order valence-corrected chi connectivity index (χ4v) is 4.15. The fraction of sp³-hybridized carbons (Fsp3) is 0.538. The van der Waals surface area contributed by atoms with E-state index in [2.05, 4.69) is 10.2 Å². The molecule has 1 aromatic carbocycles. The van der Waals surface area contributed by atoms with Gasteiger partial charge in [0.2, 0.25) is 11.5 Å². The number of carbonyl (C=O) groups excluding carboxylic acids is 1. The maximum Gasteiger partial charge on any atom is 0.242 e. The van der Waals surface area contributed by atoms with Gasteiger partial charge in [-0.25, -0.2) is 4.68 Å². The van der Waals surface area contributed by atoms with Crippen LogP contribution < -0.4 is 19.8 Å². The number of aromatic nitrogens is 4. The summed E-state index contributed by atoms with van der Waals surface area (Å²) >= 11 is 0. The van der Waals surface area contributed by atoms with Crippen molar-refractivity contribution in [1.29, 1.82) is 5.41 Å². The molecule has 1 aliphatic rings. The monoisotopic (exact) mass is 533 g/mol. The summed E-state index contributed by atoms with van der Waals surface area (Å²) in [5, 5.41) is 26.8. The maximum atomic E-state index is 13.5. The summed E-state index contributed by atoms with van der Waals surface area (Å²) in [5.41, 5.74) is 2.54. The number of ether oxygens (including phenoxy) is 3. The smallest absolute Gasteiger partial charge is 0.242 e. The van der Waals surface area contributed by atoms with E-state index in [1.165, 1.54) is 9.20 Å². The van der Waals surface area contributed by atoms with Gasteiger partial charge in [-0.15, -0.1) is 22.6 Å². The van der Waals surface area contributed by atoms with Gasteiger partial charge in [0.05, 0.1) is 20.3 Å². The third-order valence-corrected chi connectivity index (χ3v) is 6.15. The number of halogens is 1. The number of aliphatic hydroxyl groups excluding tert-OH is 1. The SMILES string of the molecule is CCOc1cc(C2CC2)c2nn(CC(=O)c3cc(OCCCO)c(OC)c(C(C)(C)C)c3)c(=N)n2n1.Cl. The molecule has 1 fully saturated rings. The highest BCUT2D eigenvalue weighted by molar-refractivity contribution is 5.97. The van der Waals surface area contributed by atoms with Gasteiger partial charge in [-0.1, -0.05) is 20.8 Å². The zero-order chi connectivity index (χ0) is 26.0. The van der Waals surface area contributed by atoms with E-state index in [0.29, 0.717) is 54.1 Å². The lowest BCUT2D eigenvalue weighted by molar-refractivity contribution is 0.0964. The molecule has 0 atom stereocenters. The Balaban J connectivity index is 0.00000380. The van der Waals surface area contributed by atoms with E-state index in [-0.39, 0.29) is 42.4 Å². The number of hydrogen-bond donors (Lipinski definition) is 2. The van der Waals surface area contributed by atoms with Gasteiger partial charge in [-0.2, -0.15) is 4.52 Å². The van der Waals surface area contributed by atoms with Crippen LogP contribution >= 0.6 is 12.4 Å². The highest BCUT2D eigenvalue weighted by atomic mass is 35.5. The average molecular weight is 534 g/mol. The number of rotatable bonds is 11. The molecule has 0 aliphatic heterocycles. The number of methoxy groups -OCH3 is 1. The lowest BCUT2D eigenvalue weighted by Crippen LogP contribution is -2.26. The third-order valence-electron chi connectivity index (χ3n) is 6.15. The van der Waals surface area contributed by atoms with E-state index in [9.17, 15) is 4.79 Å². The van der Waals surface area contributed by atoms with Crippen LogP contribution in [0.15, 0.2) is 18.2 Å². The van der Waals surface area contributed by atoms with Gasteiger partial charge < -0.3 is 19.3 Å². The predicted octanol–water partition coefficient (Wildman–Crippen LogP) is 3.66. The molecular weight excluding hydrogens is 498 g/mol. The summed E-state index contributed by atoms with van der Waals surface area (Å²) in [6.45, 7) is 8.65. The highest BCUT2D eigenvalue weighted by Crippen LogP contribution is 2.42. The average Bonchev–Trinajstić information content (AvgIpc) is 3.63. The molecule has 0 spiro atoms. The molecular formula is C26H36ClN5O5. The Bertz CT molecular complexity index is 1320. The number of nitrogens with zero attached hydrogens (tertiary/aromatic N) is 4. The first-order chi connectivity index (χ1) is 17.2. The molecule has 202 valence electrons. The zero-order valence-electron chi connectivity index (χ0n) is 22.0. The molecule has 3 aromatic rings. The highest BCUT2D eigenvalue weighted by Gasteiger charge is 2.29. The Morgan fingerprint density at radius 3 is 2.51 bits per heavy atom. The van der Waals surface area contributed by atoms with Crippen molar-refractivity contribution in [2.45, 2.75) is 64.8 Å². The van der Waals surface area contributed by atoms with Crippen molar-refractivity contribution in [3.8, 4) is 17.4 Å². The van der Waals surface area contributed by atoms with E-state index in [0.717, 1.165) is 24.0 Å². The molecule has 10 nitrogen and oxygen atoms in total. The minimum absolute atomic E-state index is 0. The quantitative estimate of drug-likeness (QED) is 0.285. The van der Waals surface area contributed by atoms with Crippen LogP contribution in [-0.4, -0.2) is 57.2 Å². The van der Waals surface area contributed by atoms with E-state index >= 15 is 0 Å². The van der Waals surface area contributed by atoms with Crippen molar-refractivity contribution < 1.29 is 24.1 Å². The normalized spacial score (nSPS) is 13.4. The van der Waals surface area contributed by atoms with Crippen LogP contribution in [0.5, 0.6) is 17.4 Å². The number of aliphatic hydroxyl groups is 1. The molecule has 0 saturated heterocycles. The standard InChI is InChI=1S/C26H35N5O5.ClH/c1-6-35-22-14-18(16-8-9-16)24-29-30(25(27)31(24)28-22)15-20(33)17-12-19(26(2,3)4)23(34-5)21(13-17)36-11-7-10-32;/h12-14,16,27,32H,6-11,15H2,1-5H3;1H. The van der Waals surface area contributed by atoms with Gasteiger partial charge in [0, 0.05) is 35.8 Å². The predicted molar refractivity (Wildman–Crippen MR) is 140 cm³/mol. The second-order valence-corrected chi connectivity index (χ2v) is 10.0. The summed E-state index contributed by atoms with van der Waals surface area (Å²) in [7, 11) is 1.57. The van der Waals surface area contributed by atoms with E-state index < -0.39 is 0 Å². The first-order valence-corrected chi connectivity index (χ1v) is 12.4. The van der Waals surface area contributed by atoms with Crippen LogP contribution in [0, 0.1) is 5.41 Å². The molecule has 0 amide bonds. The Kier molecular flexibility index (Phi) is 8.86. The molecule has 2 heterocycles. The lowest BCUT2D eigenvalue weighted by Gasteiger charge is -2.25. The topological polar surface area (TPSA) is 124 Å². The van der Waals surface area contributed by atoms with Gasteiger partial charge in [0.25, 0.3) is 0 Å². The number of carbonyl (C=O) groups is 1. The van der Waals surface area contributed by atoms with Crippen molar-refractivity contribution in [3.05, 3.63) is 40.5 Å². The lowest BCUT2D eigenvalue weighted by atomic mass is 9.84. The van der Waals surface area contributed by atoms with E-state index in [4.69, 9.17) is 24.7 Å². The van der Waals surface area contributed by atoms with Crippen molar-refractivity contribution in [3.63, 3.8) is 0 Å². The molecule has 2 N–H and O–H groups in total. The molecule has 1 saturated carbocycles. The number of ketones is 1. The van der Waals surface area contributed by atoms with Crippen molar-refractivity contribution in [1.82, 2.24) is 19.4 Å². The molecule has 0 radical (unpaired) electrons. The summed E-state index contributed by atoms with van der Waals surface area (Å²) in [5.74, 6) is 1.63. The van der Waals surface area contributed by atoms with E-state index in [1.807, 2.05) is 39.8 Å². The summed E-state index contributed by atoms with van der Waals surface area (Å²) < 4.78 is 20.0. The van der Waals surface area contributed by atoms with Crippen molar-refractivity contribution in [2.24, 2.45) is 0 Å².